The molecular formula is C13H16FN3O3. The molecule has 20 heavy (non-hydrogen) atoms. The van der Waals surface area contributed by atoms with Crippen LogP contribution in [0, 0.1) is 21.3 Å². The van der Waals surface area contributed by atoms with E-state index in [-0.39, 0.29) is 18.1 Å². The molecule has 3 N–H and O–H groups in total. The van der Waals surface area contributed by atoms with Crippen molar-refractivity contribution in [1.29, 1.82) is 0 Å². The summed E-state index contributed by atoms with van der Waals surface area (Å²) in [5.74, 6) is -1.05. The van der Waals surface area contributed by atoms with Gasteiger partial charge in [0.2, 0.25) is 5.91 Å². The van der Waals surface area contributed by atoms with E-state index in [1.807, 2.05) is 0 Å². The molecule has 1 aliphatic carbocycles. The van der Waals surface area contributed by atoms with Crippen molar-refractivity contribution in [2.75, 3.05) is 11.9 Å². The Morgan fingerprint density at radius 2 is 2.10 bits per heavy atom. The summed E-state index contributed by atoms with van der Waals surface area (Å²) in [4.78, 5) is 22.5. The van der Waals surface area contributed by atoms with Gasteiger partial charge in [0.05, 0.1) is 16.4 Å². The Kier molecular flexibility index (Phi) is 3.99. The van der Waals surface area contributed by atoms with E-state index in [9.17, 15) is 19.3 Å². The van der Waals surface area contributed by atoms with Gasteiger partial charge in [0, 0.05) is 6.54 Å². The molecular weight excluding hydrogens is 265 g/mol. The molecule has 0 spiro atoms. The molecule has 1 aliphatic rings. The second kappa shape index (κ2) is 5.54. The average Bonchev–Trinajstić information content (AvgIpc) is 2.90. The van der Waals surface area contributed by atoms with Gasteiger partial charge < -0.3 is 11.1 Å². The lowest BCUT2D eigenvalue weighted by atomic mass is 9.85. The molecule has 1 aromatic carbocycles. The number of nitro groups is 1. The maximum absolute atomic E-state index is 13.1. The Bertz CT molecular complexity index is 542. The number of nitro benzene ring substituents is 1. The zero-order valence-corrected chi connectivity index (χ0v) is 10.9. The van der Waals surface area contributed by atoms with Crippen molar-refractivity contribution in [1.82, 2.24) is 0 Å². The van der Waals surface area contributed by atoms with E-state index >= 15 is 0 Å². The first kappa shape index (κ1) is 14.4. The first-order valence-corrected chi connectivity index (χ1v) is 6.44. The lowest BCUT2D eigenvalue weighted by Crippen LogP contribution is -2.40. The smallest absolute Gasteiger partial charge is 0.295 e. The minimum absolute atomic E-state index is 0.00104. The summed E-state index contributed by atoms with van der Waals surface area (Å²) in [6, 6.07) is 3.07. The van der Waals surface area contributed by atoms with Crippen molar-refractivity contribution in [3.05, 3.63) is 34.1 Å². The molecule has 7 heteroatoms. The van der Waals surface area contributed by atoms with Gasteiger partial charge in [0.25, 0.3) is 5.69 Å². The number of carbonyl (C=O) groups is 1. The second-order valence-electron chi connectivity index (χ2n) is 5.06. The van der Waals surface area contributed by atoms with Gasteiger partial charge in [-0.15, -0.1) is 0 Å². The standard InChI is InChI=1S/C13H16FN3O3/c14-9-3-4-10(11(7-9)17(19)20)16-12(18)13(8-15)5-1-2-6-13/h3-4,7H,1-2,5-6,8,15H2,(H,16,18). The predicted molar refractivity (Wildman–Crippen MR) is 71.6 cm³/mol. The van der Waals surface area contributed by atoms with Gasteiger partial charge in [-0.2, -0.15) is 0 Å². The highest BCUT2D eigenvalue weighted by Crippen LogP contribution is 2.39. The molecule has 1 aromatic rings. The molecule has 0 radical (unpaired) electrons. The summed E-state index contributed by atoms with van der Waals surface area (Å²) >= 11 is 0. The van der Waals surface area contributed by atoms with Crippen LogP contribution in [0.4, 0.5) is 15.8 Å². The lowest BCUT2D eigenvalue weighted by molar-refractivity contribution is -0.384. The predicted octanol–water partition coefficient (Wildman–Crippen LogP) is 2.19. The van der Waals surface area contributed by atoms with E-state index < -0.39 is 21.8 Å². The topological polar surface area (TPSA) is 98.3 Å². The molecule has 6 nitrogen and oxygen atoms in total. The Hall–Kier alpha value is -2.02. The minimum atomic E-state index is -0.720. The first-order valence-electron chi connectivity index (χ1n) is 6.44. The van der Waals surface area contributed by atoms with Crippen LogP contribution < -0.4 is 11.1 Å². The van der Waals surface area contributed by atoms with Gasteiger partial charge >= 0.3 is 0 Å². The fourth-order valence-electron chi connectivity index (χ4n) is 2.59. The van der Waals surface area contributed by atoms with E-state index in [0.29, 0.717) is 12.8 Å². The number of benzene rings is 1. The summed E-state index contributed by atoms with van der Waals surface area (Å²) in [6.45, 7) is 0.202. The summed E-state index contributed by atoms with van der Waals surface area (Å²) in [5.41, 5.74) is 4.57. The van der Waals surface area contributed by atoms with Crippen LogP contribution in [0.25, 0.3) is 0 Å². The Morgan fingerprint density at radius 3 is 2.65 bits per heavy atom. The number of hydrogen-bond acceptors (Lipinski definition) is 4. The number of amides is 1. The fraction of sp³-hybridized carbons (Fsp3) is 0.462. The Labute approximate surface area is 115 Å². The molecule has 0 aliphatic heterocycles. The normalized spacial score (nSPS) is 16.9. The molecule has 2 rings (SSSR count). The molecule has 1 fully saturated rings. The maximum atomic E-state index is 13.1. The highest BCUT2D eigenvalue weighted by Gasteiger charge is 2.40. The van der Waals surface area contributed by atoms with Crippen molar-refractivity contribution in [2.24, 2.45) is 11.1 Å². The van der Waals surface area contributed by atoms with Crippen LogP contribution in [-0.2, 0) is 4.79 Å². The van der Waals surface area contributed by atoms with Crippen molar-refractivity contribution in [3.8, 4) is 0 Å². The van der Waals surface area contributed by atoms with Crippen LogP contribution in [0.2, 0.25) is 0 Å². The Morgan fingerprint density at radius 1 is 1.45 bits per heavy atom. The fourth-order valence-corrected chi connectivity index (χ4v) is 2.59. The molecule has 1 amide bonds. The quantitative estimate of drug-likeness (QED) is 0.652. The molecule has 0 heterocycles. The van der Waals surface area contributed by atoms with Crippen molar-refractivity contribution >= 4 is 17.3 Å². The lowest BCUT2D eigenvalue weighted by Gasteiger charge is -2.25. The molecule has 0 aromatic heterocycles. The molecule has 0 atom stereocenters. The van der Waals surface area contributed by atoms with Crippen LogP contribution in [0.3, 0.4) is 0 Å². The summed E-state index contributed by atoms with van der Waals surface area (Å²) in [5, 5.41) is 13.4. The van der Waals surface area contributed by atoms with E-state index in [2.05, 4.69) is 5.32 Å². The number of nitrogens with zero attached hydrogens (tertiary/aromatic N) is 1. The third-order valence-corrected chi connectivity index (χ3v) is 3.84. The number of hydrogen-bond donors (Lipinski definition) is 2. The number of anilines is 1. The number of carbonyl (C=O) groups excluding carboxylic acids is 1. The van der Waals surface area contributed by atoms with Gasteiger partial charge in [-0.05, 0) is 25.0 Å². The van der Waals surface area contributed by atoms with E-state index in [0.717, 1.165) is 25.0 Å². The van der Waals surface area contributed by atoms with Gasteiger partial charge in [0.15, 0.2) is 0 Å². The van der Waals surface area contributed by atoms with Gasteiger partial charge in [-0.25, -0.2) is 4.39 Å². The number of nitrogens with one attached hydrogen (secondary N) is 1. The summed E-state index contributed by atoms with van der Waals surface area (Å²) in [6.07, 6.45) is 3.17. The van der Waals surface area contributed by atoms with E-state index in [4.69, 9.17) is 5.73 Å². The largest absolute Gasteiger partial charge is 0.329 e. The summed E-state index contributed by atoms with van der Waals surface area (Å²) < 4.78 is 13.1. The van der Waals surface area contributed by atoms with Crippen LogP contribution in [0.15, 0.2) is 18.2 Å². The van der Waals surface area contributed by atoms with Crippen LogP contribution in [0.5, 0.6) is 0 Å². The number of halogens is 1. The zero-order chi connectivity index (χ0) is 14.8. The van der Waals surface area contributed by atoms with Gasteiger partial charge in [-0.1, -0.05) is 12.8 Å². The molecule has 0 saturated heterocycles. The Balaban J connectivity index is 2.25. The zero-order valence-electron chi connectivity index (χ0n) is 10.9. The van der Waals surface area contributed by atoms with Crippen molar-refractivity contribution < 1.29 is 14.1 Å². The minimum Gasteiger partial charge on any atom is -0.329 e. The molecule has 0 unspecified atom stereocenters. The number of nitrogens with two attached hydrogens (primary N) is 1. The van der Waals surface area contributed by atoms with Crippen LogP contribution in [-0.4, -0.2) is 17.4 Å². The van der Waals surface area contributed by atoms with Crippen LogP contribution in [0.1, 0.15) is 25.7 Å². The van der Waals surface area contributed by atoms with Crippen molar-refractivity contribution in [2.45, 2.75) is 25.7 Å². The van der Waals surface area contributed by atoms with Crippen LogP contribution >= 0.6 is 0 Å². The monoisotopic (exact) mass is 281 g/mol. The van der Waals surface area contributed by atoms with Crippen molar-refractivity contribution in [3.63, 3.8) is 0 Å². The second-order valence-corrected chi connectivity index (χ2v) is 5.06. The number of rotatable bonds is 4. The summed E-state index contributed by atoms with van der Waals surface area (Å²) in [7, 11) is 0. The highest BCUT2D eigenvalue weighted by molar-refractivity contribution is 5.97. The molecule has 0 bridgehead atoms. The SMILES string of the molecule is NCC1(C(=O)Nc2ccc(F)cc2[N+](=O)[O-])CCCC1. The third-order valence-electron chi connectivity index (χ3n) is 3.84. The van der Waals surface area contributed by atoms with E-state index in [1.165, 1.54) is 6.07 Å². The van der Waals surface area contributed by atoms with E-state index in [1.54, 1.807) is 0 Å². The maximum Gasteiger partial charge on any atom is 0.295 e. The van der Waals surface area contributed by atoms with Gasteiger partial charge in [0.1, 0.15) is 11.5 Å². The molecule has 1 saturated carbocycles. The van der Waals surface area contributed by atoms with Gasteiger partial charge in [-0.3, -0.25) is 14.9 Å². The average molecular weight is 281 g/mol. The third kappa shape index (κ3) is 2.62. The first-order chi connectivity index (χ1) is 9.48. The highest BCUT2D eigenvalue weighted by atomic mass is 19.1. The molecule has 108 valence electrons.